The monoisotopic (exact) mass is 1510 g/mol. The molecule has 3 unspecified atom stereocenters. The van der Waals surface area contributed by atoms with Crippen LogP contribution in [0.2, 0.25) is 0 Å². The van der Waals surface area contributed by atoms with E-state index >= 15 is 0 Å². The van der Waals surface area contributed by atoms with Crippen molar-refractivity contribution >= 4 is 39.5 Å². The molecule has 0 spiro atoms. The fourth-order valence-electron chi connectivity index (χ4n) is 13.0. The van der Waals surface area contributed by atoms with E-state index in [9.17, 15) is 43.2 Å². The molecule has 0 amide bonds. The Kier molecular flexibility index (Phi) is 71.5. The number of esters is 4. The number of rotatable bonds is 81. The average Bonchev–Trinajstić information content (AvgIpc) is 0.907. The minimum Gasteiger partial charge on any atom is -0.462 e. The molecule has 0 radical (unpaired) electrons. The van der Waals surface area contributed by atoms with E-state index in [0.29, 0.717) is 25.7 Å². The first kappa shape index (κ1) is 101. The zero-order valence-corrected chi connectivity index (χ0v) is 69.7. The van der Waals surface area contributed by atoms with Crippen LogP contribution in [-0.2, 0) is 65.4 Å². The third kappa shape index (κ3) is 78.0. The number of carbonyl (C=O) groups is 4. The number of unbranched alkanes of at least 4 members (excludes halogenated alkanes) is 47. The zero-order chi connectivity index (χ0) is 76.0. The van der Waals surface area contributed by atoms with Gasteiger partial charge in [0.15, 0.2) is 12.2 Å². The van der Waals surface area contributed by atoms with Crippen LogP contribution in [0.1, 0.15) is 434 Å². The van der Waals surface area contributed by atoms with E-state index in [1.165, 1.54) is 238 Å². The van der Waals surface area contributed by atoms with E-state index in [0.717, 1.165) is 114 Å². The van der Waals surface area contributed by atoms with Gasteiger partial charge in [-0.2, -0.15) is 0 Å². The number of aliphatic hydroxyl groups excluding tert-OH is 1. The van der Waals surface area contributed by atoms with E-state index in [-0.39, 0.29) is 25.7 Å². The quantitative estimate of drug-likeness (QED) is 0.0222. The maximum atomic E-state index is 13.1. The lowest BCUT2D eigenvalue weighted by Gasteiger charge is -2.21. The summed E-state index contributed by atoms with van der Waals surface area (Å²) in [5.74, 6) is 0.993. The van der Waals surface area contributed by atoms with Gasteiger partial charge in [0, 0.05) is 25.7 Å². The lowest BCUT2D eigenvalue weighted by Crippen LogP contribution is -2.30. The maximum Gasteiger partial charge on any atom is 0.472 e. The van der Waals surface area contributed by atoms with Crippen LogP contribution in [0, 0.1) is 23.7 Å². The van der Waals surface area contributed by atoms with Crippen molar-refractivity contribution in [2.75, 3.05) is 39.6 Å². The maximum absolute atomic E-state index is 13.1. The SMILES string of the molecule is CC(C)CCCCCCCCCCCCCCCCCCCCC(=O)OC[C@H](COP(=O)(O)OCC(O)COP(=O)(O)OC[C@@H](COC(=O)CCCCCCCCCCC(C)C)OC(=O)CCCCCCCCCCCCC(C)C)OC(=O)CCCCCCCCCCCCCCCCCC(C)C. The van der Waals surface area contributed by atoms with Gasteiger partial charge in [0.2, 0.25) is 0 Å². The van der Waals surface area contributed by atoms with Crippen molar-refractivity contribution in [1.29, 1.82) is 0 Å². The third-order valence-electron chi connectivity index (χ3n) is 19.6. The first-order valence-electron chi connectivity index (χ1n) is 43.2. The molecule has 0 aromatic heterocycles. The van der Waals surface area contributed by atoms with Crippen LogP contribution in [0.15, 0.2) is 0 Å². The lowest BCUT2D eigenvalue weighted by molar-refractivity contribution is -0.161. The van der Waals surface area contributed by atoms with E-state index < -0.39 is 97.5 Å². The average molecular weight is 1510 g/mol. The molecule has 0 aliphatic rings. The molecule has 19 heteroatoms. The van der Waals surface area contributed by atoms with Crippen LogP contribution < -0.4 is 0 Å². The van der Waals surface area contributed by atoms with Crippen molar-refractivity contribution in [3.05, 3.63) is 0 Å². The zero-order valence-electron chi connectivity index (χ0n) is 68.0. The summed E-state index contributed by atoms with van der Waals surface area (Å²) in [6.45, 7) is 14.3. The van der Waals surface area contributed by atoms with Crippen LogP contribution in [0.5, 0.6) is 0 Å². The molecule has 0 aliphatic heterocycles. The van der Waals surface area contributed by atoms with Crippen molar-refractivity contribution in [2.45, 2.75) is 453 Å². The van der Waals surface area contributed by atoms with E-state index in [1.54, 1.807) is 0 Å². The first-order chi connectivity index (χ1) is 49.6. The molecule has 0 fully saturated rings. The smallest absolute Gasteiger partial charge is 0.462 e. The van der Waals surface area contributed by atoms with E-state index in [1.807, 2.05) is 0 Å². The molecule has 5 atom stereocenters. The molecular formula is C84H164O17P2. The van der Waals surface area contributed by atoms with Gasteiger partial charge in [0.25, 0.3) is 0 Å². The van der Waals surface area contributed by atoms with Crippen LogP contribution in [0.25, 0.3) is 0 Å². The predicted octanol–water partition coefficient (Wildman–Crippen LogP) is 25.2. The van der Waals surface area contributed by atoms with Gasteiger partial charge in [-0.25, -0.2) is 9.13 Å². The van der Waals surface area contributed by atoms with Crippen LogP contribution in [-0.4, -0.2) is 96.7 Å². The summed E-state index contributed by atoms with van der Waals surface area (Å²) in [5, 5.41) is 10.7. The van der Waals surface area contributed by atoms with E-state index in [2.05, 4.69) is 55.4 Å². The summed E-state index contributed by atoms with van der Waals surface area (Å²) in [5.41, 5.74) is 0. The molecule has 0 heterocycles. The Hall–Kier alpha value is -1.94. The topological polar surface area (TPSA) is 237 Å². The van der Waals surface area contributed by atoms with Crippen molar-refractivity contribution in [1.82, 2.24) is 0 Å². The summed E-state index contributed by atoms with van der Waals surface area (Å²) < 4.78 is 68.8. The van der Waals surface area contributed by atoms with Gasteiger partial charge in [-0.3, -0.25) is 37.3 Å². The molecule has 17 nitrogen and oxygen atoms in total. The van der Waals surface area contributed by atoms with Gasteiger partial charge in [0.1, 0.15) is 19.3 Å². The molecule has 0 saturated heterocycles. The van der Waals surface area contributed by atoms with Gasteiger partial charge in [-0.15, -0.1) is 0 Å². The number of aliphatic hydroxyl groups is 1. The second-order valence-electron chi connectivity index (χ2n) is 32.1. The highest BCUT2D eigenvalue weighted by molar-refractivity contribution is 7.47. The van der Waals surface area contributed by atoms with Gasteiger partial charge in [0.05, 0.1) is 26.4 Å². The first-order valence-corrected chi connectivity index (χ1v) is 46.2. The van der Waals surface area contributed by atoms with Gasteiger partial charge in [-0.1, -0.05) is 383 Å². The molecule has 103 heavy (non-hydrogen) atoms. The largest absolute Gasteiger partial charge is 0.472 e. The molecule has 0 bridgehead atoms. The van der Waals surface area contributed by atoms with Crippen LogP contribution in [0.3, 0.4) is 0 Å². The number of hydrogen-bond acceptors (Lipinski definition) is 15. The molecular weight excluding hydrogens is 1340 g/mol. The highest BCUT2D eigenvalue weighted by Crippen LogP contribution is 2.45. The highest BCUT2D eigenvalue weighted by Gasteiger charge is 2.30. The van der Waals surface area contributed by atoms with Crippen LogP contribution >= 0.6 is 15.6 Å². The Morgan fingerprint density at radius 2 is 0.408 bits per heavy atom. The highest BCUT2D eigenvalue weighted by atomic mass is 31.2. The molecule has 0 aromatic carbocycles. The summed E-state index contributed by atoms with van der Waals surface area (Å²) >= 11 is 0. The summed E-state index contributed by atoms with van der Waals surface area (Å²) in [6.07, 6.45) is 61.2. The number of phosphoric ester groups is 2. The van der Waals surface area contributed by atoms with Gasteiger partial charge in [-0.05, 0) is 49.4 Å². The molecule has 0 aromatic rings. The number of carbonyl (C=O) groups excluding carboxylic acids is 4. The van der Waals surface area contributed by atoms with Crippen molar-refractivity contribution < 1.29 is 80.2 Å². The number of hydrogen-bond donors (Lipinski definition) is 3. The minimum atomic E-state index is -4.97. The number of phosphoric acid groups is 2. The summed E-state index contributed by atoms with van der Waals surface area (Å²) in [7, 11) is -9.93. The fraction of sp³-hybridized carbons (Fsp3) is 0.952. The third-order valence-corrected chi connectivity index (χ3v) is 21.5. The van der Waals surface area contributed by atoms with Crippen molar-refractivity contribution in [2.24, 2.45) is 23.7 Å². The van der Waals surface area contributed by atoms with Crippen LogP contribution in [0.4, 0.5) is 0 Å². The minimum absolute atomic E-state index is 0.105. The Morgan fingerprint density at radius 3 is 0.602 bits per heavy atom. The predicted molar refractivity (Wildman–Crippen MR) is 423 cm³/mol. The molecule has 3 N–H and O–H groups in total. The fourth-order valence-corrected chi connectivity index (χ4v) is 14.5. The molecule has 0 saturated carbocycles. The Morgan fingerprint density at radius 1 is 0.243 bits per heavy atom. The second kappa shape index (κ2) is 72.9. The normalized spacial score (nSPS) is 14.0. The summed E-state index contributed by atoms with van der Waals surface area (Å²) in [6, 6.07) is 0. The second-order valence-corrected chi connectivity index (χ2v) is 35.0. The number of ether oxygens (including phenoxy) is 4. The van der Waals surface area contributed by atoms with Crippen molar-refractivity contribution in [3.63, 3.8) is 0 Å². The summed E-state index contributed by atoms with van der Waals surface area (Å²) in [4.78, 5) is 73.1. The van der Waals surface area contributed by atoms with Crippen molar-refractivity contribution in [3.8, 4) is 0 Å². The molecule has 0 rings (SSSR count). The molecule has 612 valence electrons. The van der Waals surface area contributed by atoms with Gasteiger partial charge >= 0.3 is 39.5 Å². The molecule has 0 aliphatic carbocycles. The van der Waals surface area contributed by atoms with E-state index in [4.69, 9.17) is 37.0 Å². The Bertz CT molecular complexity index is 2010. The standard InChI is InChI=1S/C84H164O17P2/c1-74(2)60-52-44-36-28-22-18-14-11-9-10-12-16-20-24-31-40-48-56-64-81(86)94-70-79(100-83(88)66-58-50-42-32-25-21-17-13-15-19-23-29-37-45-53-61-75(3)4)72-98-102(90,91)96-68-78(85)69-97-103(92,93)99-73-80(71-95-82(87)65-57-49-41-35-34-39-47-55-63-77(7)8)101-84(89)67-59-51-43-33-27-26-30-38-46-54-62-76(5)6/h74-80,85H,9-73H2,1-8H3,(H,90,91)(H,92,93)/t78?,79-,80-/m1/s1. The Balaban J connectivity index is 5.23. The van der Waals surface area contributed by atoms with Gasteiger partial charge < -0.3 is 33.8 Å². The lowest BCUT2D eigenvalue weighted by atomic mass is 10.0. The Labute approximate surface area is 632 Å².